The van der Waals surface area contributed by atoms with Gasteiger partial charge in [-0.2, -0.15) is 4.98 Å². The predicted octanol–water partition coefficient (Wildman–Crippen LogP) is 1.35. The Bertz CT molecular complexity index is 243. The molecule has 0 aromatic carbocycles. The summed E-state index contributed by atoms with van der Waals surface area (Å²) in [5.74, 6) is 1.16. The first-order valence-electron chi connectivity index (χ1n) is 3.49. The van der Waals surface area contributed by atoms with Crippen molar-refractivity contribution in [1.29, 1.82) is 0 Å². The van der Waals surface area contributed by atoms with Gasteiger partial charge >= 0.3 is 5.95 Å². The molecule has 0 bridgehead atoms. The summed E-state index contributed by atoms with van der Waals surface area (Å²) < 4.78 is 10.3. The van der Waals surface area contributed by atoms with Crippen LogP contribution in [0.25, 0.3) is 0 Å². The summed E-state index contributed by atoms with van der Waals surface area (Å²) in [5, 5.41) is 0. The number of nitrogens with zero attached hydrogens (tertiary/aromatic N) is 1. The van der Waals surface area contributed by atoms with Crippen LogP contribution in [0.4, 0.5) is 5.82 Å². The van der Waals surface area contributed by atoms with E-state index in [1.165, 1.54) is 0 Å². The van der Waals surface area contributed by atoms with Gasteiger partial charge in [-0.25, -0.2) is 0 Å². The van der Waals surface area contributed by atoms with Gasteiger partial charge in [0, 0.05) is 6.92 Å². The number of nitrogens with two attached hydrogens (primary N) is 1. The molecule has 1 aromatic heterocycles. The molecule has 1 heterocycles. The number of aryl methyl sites for hydroxylation is 1. The standard InChI is InChI=1S/C7H12N2O2/c1-4(2)10-7-6(8)9-5(3)11-7/h4H,8H2,1-3H3. The summed E-state index contributed by atoms with van der Waals surface area (Å²) in [5.41, 5.74) is 5.46. The average Bonchev–Trinajstić information content (AvgIpc) is 2.09. The van der Waals surface area contributed by atoms with E-state index in [1.807, 2.05) is 13.8 Å². The first-order chi connectivity index (χ1) is 5.09. The molecule has 4 heteroatoms. The van der Waals surface area contributed by atoms with E-state index in [2.05, 4.69) is 4.98 Å². The van der Waals surface area contributed by atoms with Gasteiger partial charge in [0.1, 0.15) is 0 Å². The molecule has 11 heavy (non-hydrogen) atoms. The molecule has 2 N–H and O–H groups in total. The van der Waals surface area contributed by atoms with Gasteiger partial charge in [-0.1, -0.05) is 0 Å². The van der Waals surface area contributed by atoms with E-state index in [9.17, 15) is 0 Å². The molecule has 62 valence electrons. The topological polar surface area (TPSA) is 61.3 Å². The van der Waals surface area contributed by atoms with E-state index >= 15 is 0 Å². The van der Waals surface area contributed by atoms with Crippen molar-refractivity contribution in [2.45, 2.75) is 26.9 Å². The molecular weight excluding hydrogens is 144 g/mol. The summed E-state index contributed by atoms with van der Waals surface area (Å²) in [7, 11) is 0. The zero-order chi connectivity index (χ0) is 8.43. The van der Waals surface area contributed by atoms with Crippen LogP contribution < -0.4 is 10.5 Å². The number of aromatic nitrogens is 1. The summed E-state index contributed by atoms with van der Waals surface area (Å²) in [6, 6.07) is 0. The minimum Gasteiger partial charge on any atom is -0.460 e. The smallest absolute Gasteiger partial charge is 0.330 e. The lowest BCUT2D eigenvalue weighted by Crippen LogP contribution is -2.06. The number of rotatable bonds is 2. The van der Waals surface area contributed by atoms with Crippen LogP contribution in [-0.2, 0) is 0 Å². The number of oxazole rings is 1. The van der Waals surface area contributed by atoms with Gasteiger partial charge in [0.25, 0.3) is 0 Å². The van der Waals surface area contributed by atoms with Gasteiger partial charge in [0.05, 0.1) is 6.10 Å². The van der Waals surface area contributed by atoms with Crippen LogP contribution in [0.5, 0.6) is 5.95 Å². The SMILES string of the molecule is Cc1nc(N)c(OC(C)C)o1. The molecule has 0 saturated carbocycles. The molecule has 0 amide bonds. The Morgan fingerprint density at radius 3 is 2.55 bits per heavy atom. The predicted molar refractivity (Wildman–Crippen MR) is 41.4 cm³/mol. The third kappa shape index (κ3) is 1.86. The highest BCUT2D eigenvalue weighted by Gasteiger charge is 2.09. The molecule has 0 saturated heterocycles. The summed E-state index contributed by atoms with van der Waals surface area (Å²) in [4.78, 5) is 3.85. The lowest BCUT2D eigenvalue weighted by Gasteiger charge is -2.04. The van der Waals surface area contributed by atoms with Gasteiger partial charge in [-0.3, -0.25) is 0 Å². The van der Waals surface area contributed by atoms with Crippen molar-refractivity contribution in [1.82, 2.24) is 4.98 Å². The maximum absolute atomic E-state index is 5.46. The monoisotopic (exact) mass is 156 g/mol. The Hall–Kier alpha value is -1.19. The fourth-order valence-electron chi connectivity index (χ4n) is 0.723. The molecule has 0 radical (unpaired) electrons. The third-order valence-corrected chi connectivity index (χ3v) is 1.07. The van der Waals surface area contributed by atoms with E-state index in [0.29, 0.717) is 17.7 Å². The Morgan fingerprint density at radius 1 is 1.55 bits per heavy atom. The van der Waals surface area contributed by atoms with E-state index in [1.54, 1.807) is 6.92 Å². The van der Waals surface area contributed by atoms with E-state index in [0.717, 1.165) is 0 Å². The minimum atomic E-state index is 0.0599. The van der Waals surface area contributed by atoms with Crippen molar-refractivity contribution in [3.05, 3.63) is 5.89 Å². The third-order valence-electron chi connectivity index (χ3n) is 1.07. The van der Waals surface area contributed by atoms with E-state index in [-0.39, 0.29) is 6.10 Å². The van der Waals surface area contributed by atoms with E-state index in [4.69, 9.17) is 14.9 Å². The van der Waals surface area contributed by atoms with Crippen molar-refractivity contribution >= 4 is 5.82 Å². The lowest BCUT2D eigenvalue weighted by atomic mass is 10.5. The van der Waals surface area contributed by atoms with Crippen molar-refractivity contribution in [2.24, 2.45) is 0 Å². The Labute approximate surface area is 65.4 Å². The van der Waals surface area contributed by atoms with Crippen LogP contribution in [0.15, 0.2) is 4.42 Å². The molecule has 0 aliphatic carbocycles. The molecule has 1 rings (SSSR count). The zero-order valence-electron chi connectivity index (χ0n) is 6.92. The maximum atomic E-state index is 5.46. The molecular formula is C7H12N2O2. The molecule has 4 nitrogen and oxygen atoms in total. The molecule has 0 fully saturated rings. The second kappa shape index (κ2) is 2.82. The Morgan fingerprint density at radius 2 is 2.18 bits per heavy atom. The van der Waals surface area contributed by atoms with Gasteiger partial charge in [0.15, 0.2) is 5.89 Å². The second-order valence-electron chi connectivity index (χ2n) is 2.57. The molecule has 1 aromatic rings. The van der Waals surface area contributed by atoms with Gasteiger partial charge in [-0.05, 0) is 13.8 Å². The molecule has 0 atom stereocenters. The minimum absolute atomic E-state index is 0.0599. The fraction of sp³-hybridized carbons (Fsp3) is 0.571. The van der Waals surface area contributed by atoms with Gasteiger partial charge in [0.2, 0.25) is 5.82 Å². The van der Waals surface area contributed by atoms with Crippen LogP contribution in [0.1, 0.15) is 19.7 Å². The number of ether oxygens (including phenoxy) is 1. The fourth-order valence-corrected chi connectivity index (χ4v) is 0.723. The van der Waals surface area contributed by atoms with E-state index < -0.39 is 0 Å². The summed E-state index contributed by atoms with van der Waals surface area (Å²) >= 11 is 0. The Kier molecular flexibility index (Phi) is 2.03. The largest absolute Gasteiger partial charge is 0.460 e. The highest BCUT2D eigenvalue weighted by atomic mass is 16.6. The van der Waals surface area contributed by atoms with Crippen molar-refractivity contribution in [2.75, 3.05) is 5.73 Å². The normalized spacial score (nSPS) is 10.5. The van der Waals surface area contributed by atoms with Crippen molar-refractivity contribution in [3.8, 4) is 5.95 Å². The first kappa shape index (κ1) is 7.91. The maximum Gasteiger partial charge on any atom is 0.330 e. The molecule has 0 aliphatic heterocycles. The number of hydrogen-bond acceptors (Lipinski definition) is 4. The number of nitrogen functional groups attached to an aromatic ring is 1. The van der Waals surface area contributed by atoms with Crippen LogP contribution in [0.2, 0.25) is 0 Å². The van der Waals surface area contributed by atoms with Gasteiger partial charge in [-0.15, -0.1) is 0 Å². The average molecular weight is 156 g/mol. The number of hydrogen-bond donors (Lipinski definition) is 1. The lowest BCUT2D eigenvalue weighted by molar-refractivity contribution is 0.185. The molecule has 0 aliphatic rings. The molecule has 0 spiro atoms. The van der Waals surface area contributed by atoms with Crippen molar-refractivity contribution < 1.29 is 9.15 Å². The zero-order valence-corrected chi connectivity index (χ0v) is 6.92. The van der Waals surface area contributed by atoms with Crippen molar-refractivity contribution in [3.63, 3.8) is 0 Å². The summed E-state index contributed by atoms with van der Waals surface area (Å²) in [6.07, 6.45) is 0.0599. The highest BCUT2D eigenvalue weighted by molar-refractivity contribution is 5.38. The van der Waals surface area contributed by atoms with Crippen LogP contribution in [0.3, 0.4) is 0 Å². The first-order valence-corrected chi connectivity index (χ1v) is 3.49. The number of anilines is 1. The Balaban J connectivity index is 2.77. The summed E-state index contributed by atoms with van der Waals surface area (Å²) in [6.45, 7) is 5.53. The van der Waals surface area contributed by atoms with Crippen LogP contribution >= 0.6 is 0 Å². The quantitative estimate of drug-likeness (QED) is 0.702. The molecule has 0 unspecified atom stereocenters. The van der Waals surface area contributed by atoms with Crippen LogP contribution in [-0.4, -0.2) is 11.1 Å². The highest BCUT2D eigenvalue weighted by Crippen LogP contribution is 2.22. The van der Waals surface area contributed by atoms with Crippen LogP contribution in [0, 0.1) is 6.92 Å². The second-order valence-corrected chi connectivity index (χ2v) is 2.57. The van der Waals surface area contributed by atoms with Gasteiger partial charge < -0.3 is 14.9 Å².